The molecule has 0 aliphatic carbocycles. The lowest BCUT2D eigenvalue weighted by atomic mass is 10.3. The summed E-state index contributed by atoms with van der Waals surface area (Å²) in [6.45, 7) is 1.84. The topological polar surface area (TPSA) is 102 Å². The van der Waals surface area contributed by atoms with Crippen LogP contribution in [0.25, 0.3) is 5.82 Å². The molecule has 0 saturated carbocycles. The zero-order valence-corrected chi connectivity index (χ0v) is 15.0. The summed E-state index contributed by atoms with van der Waals surface area (Å²) >= 11 is 0. The first-order chi connectivity index (χ1) is 12.5. The third-order valence-corrected chi connectivity index (χ3v) is 6.01. The lowest BCUT2D eigenvalue weighted by molar-refractivity contribution is 0.382. The Kier molecular flexibility index (Phi) is 4.17. The van der Waals surface area contributed by atoms with Crippen LogP contribution < -0.4 is 4.90 Å². The molecular formula is C15H18N8O2S. The number of aryl methyl sites for hydroxylation is 1. The van der Waals surface area contributed by atoms with Crippen molar-refractivity contribution in [2.75, 3.05) is 31.1 Å². The van der Waals surface area contributed by atoms with Crippen molar-refractivity contribution < 1.29 is 8.42 Å². The first-order valence-corrected chi connectivity index (χ1v) is 9.55. The van der Waals surface area contributed by atoms with E-state index >= 15 is 0 Å². The molecule has 3 aromatic heterocycles. The molecule has 1 aliphatic rings. The average Bonchev–Trinajstić information content (AvgIpc) is 3.34. The summed E-state index contributed by atoms with van der Waals surface area (Å²) in [4.78, 5) is 5.98. The quantitative estimate of drug-likeness (QED) is 0.629. The first kappa shape index (κ1) is 16.7. The molecule has 11 heteroatoms. The number of piperazine rings is 1. The van der Waals surface area contributed by atoms with Crippen LogP contribution in [0.2, 0.25) is 0 Å². The normalized spacial score (nSPS) is 16.1. The van der Waals surface area contributed by atoms with E-state index in [0.717, 1.165) is 5.82 Å². The number of sulfonamides is 1. The Morgan fingerprint density at radius 3 is 2.35 bits per heavy atom. The molecule has 0 spiro atoms. The van der Waals surface area contributed by atoms with Crippen LogP contribution in [0.1, 0.15) is 0 Å². The summed E-state index contributed by atoms with van der Waals surface area (Å²) < 4.78 is 29.9. The van der Waals surface area contributed by atoms with E-state index in [1.165, 1.54) is 16.8 Å². The molecule has 26 heavy (non-hydrogen) atoms. The fraction of sp³-hybridized carbons (Fsp3) is 0.333. The number of hydrogen-bond donors (Lipinski definition) is 0. The highest BCUT2D eigenvalue weighted by molar-refractivity contribution is 7.89. The molecule has 1 fully saturated rings. The lowest BCUT2D eigenvalue weighted by Crippen LogP contribution is -2.49. The molecule has 1 aliphatic heterocycles. The number of hydrogen-bond acceptors (Lipinski definition) is 7. The molecular weight excluding hydrogens is 356 g/mol. The Morgan fingerprint density at radius 2 is 1.77 bits per heavy atom. The number of rotatable bonds is 4. The third-order valence-electron chi connectivity index (χ3n) is 4.22. The van der Waals surface area contributed by atoms with E-state index in [9.17, 15) is 8.42 Å². The summed E-state index contributed by atoms with van der Waals surface area (Å²) in [6.07, 6.45) is 6.48. The number of nitrogens with zero attached hydrogens (tertiary/aromatic N) is 8. The molecule has 0 unspecified atom stereocenters. The maximum Gasteiger partial charge on any atom is 0.262 e. The molecule has 136 valence electrons. The van der Waals surface area contributed by atoms with Gasteiger partial charge in [0.2, 0.25) is 0 Å². The second-order valence-electron chi connectivity index (χ2n) is 5.97. The minimum absolute atomic E-state index is 0.0804. The van der Waals surface area contributed by atoms with Gasteiger partial charge in [-0.25, -0.2) is 18.1 Å². The zero-order valence-electron chi connectivity index (χ0n) is 14.2. The molecule has 0 atom stereocenters. The Morgan fingerprint density at radius 1 is 1.04 bits per heavy atom. The van der Waals surface area contributed by atoms with Gasteiger partial charge in [0.25, 0.3) is 10.0 Å². The fourth-order valence-corrected chi connectivity index (χ4v) is 4.21. The Balaban J connectivity index is 1.43. The second-order valence-corrected chi connectivity index (χ2v) is 7.85. The average molecular weight is 374 g/mol. The van der Waals surface area contributed by atoms with Crippen LogP contribution in [0.5, 0.6) is 0 Å². The summed E-state index contributed by atoms with van der Waals surface area (Å²) in [5, 5.41) is 12.6. The number of anilines is 1. The van der Waals surface area contributed by atoms with Gasteiger partial charge in [0, 0.05) is 51.8 Å². The van der Waals surface area contributed by atoms with Gasteiger partial charge in [0.05, 0.1) is 6.33 Å². The van der Waals surface area contributed by atoms with Crippen LogP contribution in [0.3, 0.4) is 0 Å². The van der Waals surface area contributed by atoms with Crippen LogP contribution in [0.4, 0.5) is 5.82 Å². The number of aromatic nitrogens is 6. The Bertz CT molecular complexity index is 973. The molecule has 1 saturated heterocycles. The molecule has 4 rings (SSSR count). The molecule has 0 amide bonds. The maximum atomic E-state index is 12.6. The van der Waals surface area contributed by atoms with Crippen molar-refractivity contribution in [2.24, 2.45) is 7.05 Å². The summed E-state index contributed by atoms with van der Waals surface area (Å²) in [5.41, 5.74) is 0. The summed E-state index contributed by atoms with van der Waals surface area (Å²) in [7, 11) is -1.81. The highest BCUT2D eigenvalue weighted by Crippen LogP contribution is 2.19. The smallest absolute Gasteiger partial charge is 0.262 e. The van der Waals surface area contributed by atoms with Gasteiger partial charge in [-0.1, -0.05) is 0 Å². The van der Waals surface area contributed by atoms with Crippen molar-refractivity contribution in [3.8, 4) is 5.82 Å². The van der Waals surface area contributed by atoms with E-state index in [1.54, 1.807) is 28.7 Å². The van der Waals surface area contributed by atoms with Crippen molar-refractivity contribution in [3.63, 3.8) is 0 Å². The van der Waals surface area contributed by atoms with Gasteiger partial charge in [0.15, 0.2) is 16.7 Å². The number of imidazole rings is 1. The zero-order chi connectivity index (χ0) is 18.1. The van der Waals surface area contributed by atoms with Gasteiger partial charge >= 0.3 is 0 Å². The highest BCUT2D eigenvalue weighted by atomic mass is 32.2. The van der Waals surface area contributed by atoms with Gasteiger partial charge in [-0.3, -0.25) is 0 Å². The minimum atomic E-state index is -3.56. The van der Waals surface area contributed by atoms with Crippen LogP contribution in [0.15, 0.2) is 48.1 Å². The van der Waals surface area contributed by atoms with Crippen molar-refractivity contribution >= 4 is 15.8 Å². The standard InChI is InChI=1S/C15H18N8O2S/c1-20-11-15(16-12-20)26(24,25)22-9-7-21(8-10-22)13-3-4-14(19-18-13)23-6-2-5-17-23/h2-6,11-12H,7-10H2,1H3. The van der Waals surface area contributed by atoms with Crippen LogP contribution in [0, 0.1) is 0 Å². The fourth-order valence-electron chi connectivity index (χ4n) is 2.83. The molecule has 3 aromatic rings. The lowest BCUT2D eigenvalue weighted by Gasteiger charge is -2.33. The molecule has 10 nitrogen and oxygen atoms in total. The predicted octanol–water partition coefficient (Wildman–Crippen LogP) is -0.0933. The van der Waals surface area contributed by atoms with Crippen LogP contribution in [-0.4, -0.2) is 68.4 Å². The first-order valence-electron chi connectivity index (χ1n) is 8.11. The van der Waals surface area contributed by atoms with Crippen molar-refractivity contribution in [1.82, 2.24) is 33.8 Å². The molecule has 0 aromatic carbocycles. The monoisotopic (exact) mass is 374 g/mol. The minimum Gasteiger partial charge on any atom is -0.352 e. The molecule has 4 heterocycles. The van der Waals surface area contributed by atoms with Crippen molar-refractivity contribution in [1.29, 1.82) is 0 Å². The second kappa shape index (κ2) is 6.50. The highest BCUT2D eigenvalue weighted by Gasteiger charge is 2.30. The Hall–Kier alpha value is -2.79. The van der Waals surface area contributed by atoms with Crippen molar-refractivity contribution in [2.45, 2.75) is 5.03 Å². The Labute approximate surface area is 150 Å². The van der Waals surface area contributed by atoms with Gasteiger partial charge in [-0.15, -0.1) is 10.2 Å². The third kappa shape index (κ3) is 3.06. The van der Waals surface area contributed by atoms with Gasteiger partial charge in [-0.05, 0) is 18.2 Å². The molecule has 0 bridgehead atoms. The van der Waals surface area contributed by atoms with E-state index in [-0.39, 0.29) is 5.03 Å². The molecule has 0 radical (unpaired) electrons. The maximum absolute atomic E-state index is 12.6. The van der Waals surface area contributed by atoms with Crippen LogP contribution >= 0.6 is 0 Å². The van der Waals surface area contributed by atoms with E-state index in [2.05, 4.69) is 20.3 Å². The van der Waals surface area contributed by atoms with Gasteiger partial charge in [-0.2, -0.15) is 9.40 Å². The predicted molar refractivity (Wildman–Crippen MR) is 93.3 cm³/mol. The van der Waals surface area contributed by atoms with E-state index in [4.69, 9.17) is 0 Å². The molecule has 0 N–H and O–H groups in total. The van der Waals surface area contributed by atoms with Crippen molar-refractivity contribution in [3.05, 3.63) is 43.1 Å². The SMILES string of the molecule is Cn1cnc(S(=O)(=O)N2CCN(c3ccc(-n4cccn4)nn3)CC2)c1. The van der Waals surface area contributed by atoms with Crippen LogP contribution in [-0.2, 0) is 17.1 Å². The summed E-state index contributed by atoms with van der Waals surface area (Å²) in [6, 6.07) is 5.52. The van der Waals surface area contributed by atoms with E-state index in [1.807, 2.05) is 23.1 Å². The van der Waals surface area contributed by atoms with Gasteiger partial charge in [0.1, 0.15) is 0 Å². The van der Waals surface area contributed by atoms with Gasteiger partial charge < -0.3 is 9.47 Å². The summed E-state index contributed by atoms with van der Waals surface area (Å²) in [5.74, 6) is 1.35. The van der Waals surface area contributed by atoms with E-state index < -0.39 is 10.0 Å². The van der Waals surface area contributed by atoms with E-state index in [0.29, 0.717) is 32.0 Å². The largest absolute Gasteiger partial charge is 0.352 e.